The van der Waals surface area contributed by atoms with Crippen molar-refractivity contribution in [2.24, 2.45) is 23.7 Å². The molecule has 6 heteroatoms. The summed E-state index contributed by atoms with van der Waals surface area (Å²) in [6, 6.07) is 0. The van der Waals surface area contributed by atoms with Crippen molar-refractivity contribution in [1.82, 2.24) is 4.90 Å². The Kier molecular flexibility index (Phi) is 26.7. The molecule has 0 aliphatic carbocycles. The largest absolute Gasteiger partial charge is 0.306 e. The highest BCUT2D eigenvalue weighted by atomic mass is 19.1. The van der Waals surface area contributed by atoms with Crippen molar-refractivity contribution in [2.75, 3.05) is 20.6 Å². The third-order valence-electron chi connectivity index (χ3n) is 3.66. The molecule has 0 rings (SSSR count). The maximum Gasteiger partial charge on any atom is 0.207 e. The average Bonchev–Trinajstić information content (AvgIpc) is 2.73. The summed E-state index contributed by atoms with van der Waals surface area (Å²) >= 11 is 0. The molecular weight excluding hydrogens is 433 g/mol. The number of carbonyl (C=O) groups is 4. The van der Waals surface area contributed by atoms with E-state index in [1.54, 1.807) is 26.8 Å². The highest BCUT2D eigenvalue weighted by Crippen LogP contribution is 2.03. The number of Topliss-reactive ketones (excluding diaryl/α,β-unsaturated/α-hetero) is 2. The fraction of sp³-hybridized carbons (Fsp3) is 0.571. The Morgan fingerprint density at radius 1 is 0.853 bits per heavy atom. The van der Waals surface area contributed by atoms with Crippen LogP contribution in [0.15, 0.2) is 37.2 Å². The third-order valence-corrected chi connectivity index (χ3v) is 3.66. The van der Waals surface area contributed by atoms with Crippen molar-refractivity contribution >= 4 is 23.1 Å². The summed E-state index contributed by atoms with van der Waals surface area (Å²) in [6.45, 7) is 23.1. The van der Waals surface area contributed by atoms with Gasteiger partial charge in [0.2, 0.25) is 5.78 Å². The molecule has 0 radical (unpaired) electrons. The van der Waals surface area contributed by atoms with Gasteiger partial charge < -0.3 is 4.90 Å². The zero-order valence-corrected chi connectivity index (χ0v) is 23.1. The molecule has 0 aromatic heterocycles. The number of halogens is 1. The average molecular weight is 480 g/mol. The molecule has 0 fully saturated rings. The third kappa shape index (κ3) is 29.4. The smallest absolute Gasteiger partial charge is 0.207 e. The molecule has 0 heterocycles. The summed E-state index contributed by atoms with van der Waals surface area (Å²) in [4.78, 5) is 44.4. The minimum Gasteiger partial charge on any atom is -0.306 e. The summed E-state index contributed by atoms with van der Waals surface area (Å²) in [5.74, 6) is 4.00. The van der Waals surface area contributed by atoms with Gasteiger partial charge in [-0.15, -0.1) is 0 Å². The van der Waals surface area contributed by atoms with Crippen LogP contribution in [0.5, 0.6) is 0 Å². The Hall–Kier alpha value is -2.65. The van der Waals surface area contributed by atoms with Crippen LogP contribution in [0.2, 0.25) is 0 Å². The van der Waals surface area contributed by atoms with E-state index in [2.05, 4.69) is 25.0 Å². The molecule has 0 spiro atoms. The fourth-order valence-corrected chi connectivity index (χ4v) is 1.39. The fourth-order valence-electron chi connectivity index (χ4n) is 1.39. The number of nitrogens with zero attached hydrogens (tertiary/aromatic N) is 1. The molecule has 0 atom stereocenters. The van der Waals surface area contributed by atoms with Gasteiger partial charge in [0.1, 0.15) is 0 Å². The maximum absolute atomic E-state index is 11.8. The normalized spacial score (nSPS) is 9.79. The highest BCUT2D eigenvalue weighted by molar-refractivity contribution is 5.96. The lowest BCUT2D eigenvalue weighted by atomic mass is 10.1. The van der Waals surface area contributed by atoms with E-state index < -0.39 is 11.6 Å². The summed E-state index contributed by atoms with van der Waals surface area (Å²) in [5.41, 5.74) is 0. The van der Waals surface area contributed by atoms with Crippen LogP contribution in [-0.2, 0) is 19.2 Å². The predicted octanol–water partition coefficient (Wildman–Crippen LogP) is 5.66. The number of hydrogen-bond donors (Lipinski definition) is 0. The van der Waals surface area contributed by atoms with Gasteiger partial charge in [0, 0.05) is 30.2 Å². The molecule has 0 saturated carbocycles. The van der Waals surface area contributed by atoms with E-state index in [1.807, 2.05) is 66.6 Å². The van der Waals surface area contributed by atoms with Gasteiger partial charge in [0.05, 0.1) is 0 Å². The number of ketones is 4. The van der Waals surface area contributed by atoms with Gasteiger partial charge in [-0.2, -0.15) is 0 Å². The van der Waals surface area contributed by atoms with Gasteiger partial charge in [0.15, 0.2) is 23.2 Å². The molecule has 0 aromatic rings. The summed E-state index contributed by atoms with van der Waals surface area (Å²) in [5, 5.41) is 0. The van der Waals surface area contributed by atoms with Crippen molar-refractivity contribution in [3.63, 3.8) is 0 Å². The van der Waals surface area contributed by atoms with Gasteiger partial charge in [-0.1, -0.05) is 80.5 Å². The number of allylic oxidation sites excluding steroid dienone is 3. The molecule has 0 unspecified atom stereocenters. The van der Waals surface area contributed by atoms with Gasteiger partial charge in [-0.05, 0) is 39.1 Å². The minimum absolute atomic E-state index is 0.0208. The minimum atomic E-state index is -0.847. The molecule has 194 valence electrons. The SMILES string of the molecule is C=C(F)C(=O)C(C)C.C=CC(=O)C(C)C.CC#CC(=O)C(C)C.CC(C)C(=O)/C=C/CN(C)C. The summed E-state index contributed by atoms with van der Waals surface area (Å²) in [6.07, 6.45) is 4.90. The Balaban J connectivity index is -0.000000179. The number of likely N-dealkylation sites (N-methyl/N-ethyl adjacent to an activating group) is 1. The van der Waals surface area contributed by atoms with E-state index in [-0.39, 0.29) is 41.0 Å². The molecule has 0 bridgehead atoms. The van der Waals surface area contributed by atoms with E-state index in [4.69, 9.17) is 0 Å². The van der Waals surface area contributed by atoms with Crippen LogP contribution in [-0.4, -0.2) is 48.7 Å². The molecule has 0 aliphatic rings. The van der Waals surface area contributed by atoms with Gasteiger partial charge in [-0.3, -0.25) is 19.2 Å². The molecule has 34 heavy (non-hydrogen) atoms. The van der Waals surface area contributed by atoms with Crippen LogP contribution in [0.25, 0.3) is 0 Å². The first-order chi connectivity index (χ1) is 15.5. The van der Waals surface area contributed by atoms with E-state index in [1.165, 1.54) is 6.08 Å². The van der Waals surface area contributed by atoms with Crippen molar-refractivity contribution in [3.05, 3.63) is 37.2 Å². The standard InChI is InChI=1S/C9H17NO.C7H10O.C6H9FO.C6H10O/c1-8(2)9(11)6-5-7-10(3)4;1-4-5-7(8)6(2)3;1-4(2)6(8)5(3)7;1-4-6(7)5(2)3/h5-6,8H,7H2,1-4H3;6H,1-3H3;4H,3H2,1-2H3;4-5H,1H2,2-3H3/b6-5+;;;. The van der Waals surface area contributed by atoms with Gasteiger partial charge >= 0.3 is 0 Å². The molecule has 0 aromatic carbocycles. The first-order valence-electron chi connectivity index (χ1n) is 11.3. The highest BCUT2D eigenvalue weighted by Gasteiger charge is 2.09. The Labute approximate surface area is 207 Å². The van der Waals surface area contributed by atoms with E-state index in [0.717, 1.165) is 6.54 Å². The Bertz CT molecular complexity index is 733. The maximum atomic E-state index is 11.8. The lowest BCUT2D eigenvalue weighted by molar-refractivity contribution is -0.119. The molecule has 0 saturated heterocycles. The van der Waals surface area contributed by atoms with Crippen molar-refractivity contribution in [3.8, 4) is 11.8 Å². The second kappa shape index (κ2) is 23.5. The first-order valence-corrected chi connectivity index (χ1v) is 11.3. The Morgan fingerprint density at radius 3 is 1.44 bits per heavy atom. The summed E-state index contributed by atoms with van der Waals surface area (Å²) in [7, 11) is 3.95. The second-order valence-corrected chi connectivity index (χ2v) is 8.80. The number of hydrogen-bond acceptors (Lipinski definition) is 5. The van der Waals surface area contributed by atoms with Crippen molar-refractivity contribution < 1.29 is 23.6 Å². The topological polar surface area (TPSA) is 71.5 Å². The van der Waals surface area contributed by atoms with Crippen LogP contribution in [0.1, 0.15) is 62.3 Å². The van der Waals surface area contributed by atoms with E-state index in [9.17, 15) is 23.6 Å². The molecular formula is C28H46FNO4. The van der Waals surface area contributed by atoms with Crippen molar-refractivity contribution in [2.45, 2.75) is 62.3 Å². The van der Waals surface area contributed by atoms with Crippen LogP contribution < -0.4 is 0 Å². The zero-order chi connectivity index (χ0) is 28.0. The van der Waals surface area contributed by atoms with E-state index >= 15 is 0 Å². The van der Waals surface area contributed by atoms with Crippen molar-refractivity contribution in [1.29, 1.82) is 0 Å². The van der Waals surface area contributed by atoms with Crippen LogP contribution in [0.3, 0.4) is 0 Å². The zero-order valence-electron chi connectivity index (χ0n) is 23.1. The van der Waals surface area contributed by atoms with Crippen LogP contribution in [0, 0.1) is 35.5 Å². The monoisotopic (exact) mass is 479 g/mol. The molecule has 5 nitrogen and oxygen atoms in total. The molecule has 0 amide bonds. The second-order valence-electron chi connectivity index (χ2n) is 8.80. The van der Waals surface area contributed by atoms with Crippen LogP contribution >= 0.6 is 0 Å². The van der Waals surface area contributed by atoms with Gasteiger partial charge in [-0.25, -0.2) is 4.39 Å². The number of rotatable bonds is 9. The predicted molar refractivity (Wildman–Crippen MR) is 141 cm³/mol. The molecule has 0 aliphatic heterocycles. The lowest BCUT2D eigenvalue weighted by Gasteiger charge is -2.03. The quantitative estimate of drug-likeness (QED) is 0.243. The van der Waals surface area contributed by atoms with Crippen LogP contribution in [0.4, 0.5) is 4.39 Å². The van der Waals surface area contributed by atoms with Gasteiger partial charge in [0.25, 0.3) is 0 Å². The summed E-state index contributed by atoms with van der Waals surface area (Å²) < 4.78 is 11.8. The first kappa shape index (κ1) is 38.6. The van der Waals surface area contributed by atoms with E-state index in [0.29, 0.717) is 0 Å². The molecule has 0 N–H and O–H groups in total. The Morgan fingerprint density at radius 2 is 1.29 bits per heavy atom. The number of carbonyl (C=O) groups excluding carboxylic acids is 4. The lowest BCUT2D eigenvalue weighted by Crippen LogP contribution is -2.11.